The topological polar surface area (TPSA) is 42.0 Å². The summed E-state index contributed by atoms with van der Waals surface area (Å²) in [6, 6.07) is 5.70. The lowest BCUT2D eigenvalue weighted by atomic mass is 10.2. The van der Waals surface area contributed by atoms with Crippen molar-refractivity contribution in [2.24, 2.45) is 0 Å². The number of nitrogens with one attached hydrogen (secondary N) is 1. The zero-order chi connectivity index (χ0) is 13.1. The van der Waals surface area contributed by atoms with E-state index in [1.165, 1.54) is 23.5 Å². The molecule has 1 aromatic heterocycles. The Morgan fingerprint density at radius 1 is 1.44 bits per heavy atom. The van der Waals surface area contributed by atoms with Crippen LogP contribution in [-0.4, -0.2) is 10.9 Å². The van der Waals surface area contributed by atoms with Crippen molar-refractivity contribution in [1.29, 1.82) is 0 Å². The predicted octanol–water partition coefficient (Wildman–Crippen LogP) is 3.08. The van der Waals surface area contributed by atoms with E-state index in [1.54, 1.807) is 12.1 Å². The smallest absolute Gasteiger partial charge is 0.254 e. The molecule has 0 saturated heterocycles. The molecule has 0 fully saturated rings. The molecule has 2 rings (SSSR count). The molecule has 94 valence electrons. The van der Waals surface area contributed by atoms with Crippen molar-refractivity contribution in [1.82, 2.24) is 10.3 Å². The first kappa shape index (κ1) is 12.7. The summed E-state index contributed by atoms with van der Waals surface area (Å²) < 4.78 is 13.4. The van der Waals surface area contributed by atoms with Crippen LogP contribution >= 0.6 is 11.3 Å². The summed E-state index contributed by atoms with van der Waals surface area (Å²) >= 11 is 1.48. The third kappa shape index (κ3) is 2.73. The van der Waals surface area contributed by atoms with Gasteiger partial charge in [0.05, 0.1) is 11.6 Å². The molecule has 5 heteroatoms. The van der Waals surface area contributed by atoms with E-state index in [0.29, 0.717) is 0 Å². The standard InChI is InChI=1S/C13H13FN2OS/c1-8-7-18-13(15-8)9(2)16-12(17)10-5-3-4-6-11(10)14/h3-7,9H,1-2H3,(H,16,17). The summed E-state index contributed by atoms with van der Waals surface area (Å²) in [4.78, 5) is 16.2. The molecule has 1 aromatic carbocycles. The number of hydrogen-bond donors (Lipinski definition) is 1. The number of benzene rings is 1. The van der Waals surface area contributed by atoms with Crippen LogP contribution in [0.25, 0.3) is 0 Å². The molecule has 1 amide bonds. The van der Waals surface area contributed by atoms with Crippen molar-refractivity contribution in [2.45, 2.75) is 19.9 Å². The maximum Gasteiger partial charge on any atom is 0.254 e. The fourth-order valence-electron chi connectivity index (χ4n) is 1.55. The first-order valence-corrected chi connectivity index (χ1v) is 6.43. The van der Waals surface area contributed by atoms with Crippen molar-refractivity contribution < 1.29 is 9.18 Å². The van der Waals surface area contributed by atoms with Crippen LogP contribution in [0.5, 0.6) is 0 Å². The minimum absolute atomic E-state index is 0.0534. The van der Waals surface area contributed by atoms with Gasteiger partial charge in [0, 0.05) is 11.1 Å². The Labute approximate surface area is 109 Å². The SMILES string of the molecule is Cc1csc(C(C)NC(=O)c2ccccc2F)n1. The maximum absolute atomic E-state index is 13.4. The first-order valence-electron chi connectivity index (χ1n) is 5.55. The number of rotatable bonds is 3. The van der Waals surface area contributed by atoms with Gasteiger partial charge in [-0.05, 0) is 26.0 Å². The van der Waals surface area contributed by atoms with E-state index in [4.69, 9.17) is 0 Å². The first-order chi connectivity index (χ1) is 8.58. The molecule has 0 aliphatic heterocycles. The fourth-order valence-corrected chi connectivity index (χ4v) is 2.36. The third-order valence-corrected chi connectivity index (χ3v) is 3.62. The van der Waals surface area contributed by atoms with Gasteiger partial charge in [0.2, 0.25) is 0 Å². The van der Waals surface area contributed by atoms with E-state index in [2.05, 4.69) is 10.3 Å². The largest absolute Gasteiger partial charge is 0.343 e. The van der Waals surface area contributed by atoms with Crippen molar-refractivity contribution in [2.75, 3.05) is 0 Å². The van der Waals surface area contributed by atoms with Gasteiger partial charge in [-0.25, -0.2) is 9.37 Å². The van der Waals surface area contributed by atoms with Crippen LogP contribution in [-0.2, 0) is 0 Å². The molecule has 3 nitrogen and oxygen atoms in total. The van der Waals surface area contributed by atoms with E-state index in [0.717, 1.165) is 10.7 Å². The lowest BCUT2D eigenvalue weighted by molar-refractivity contribution is 0.0935. The number of aromatic nitrogens is 1. The van der Waals surface area contributed by atoms with E-state index < -0.39 is 11.7 Å². The van der Waals surface area contributed by atoms with Gasteiger partial charge >= 0.3 is 0 Å². The second kappa shape index (κ2) is 5.27. The number of aryl methyl sites for hydroxylation is 1. The van der Waals surface area contributed by atoms with Crippen LogP contribution in [0.3, 0.4) is 0 Å². The molecule has 0 bridgehead atoms. The molecule has 1 N–H and O–H groups in total. The average Bonchev–Trinajstić information content (AvgIpc) is 2.76. The maximum atomic E-state index is 13.4. The summed E-state index contributed by atoms with van der Waals surface area (Å²) in [5, 5.41) is 5.47. The van der Waals surface area contributed by atoms with Gasteiger partial charge in [-0.3, -0.25) is 4.79 Å². The predicted molar refractivity (Wildman–Crippen MR) is 69.1 cm³/mol. The number of nitrogens with zero attached hydrogens (tertiary/aromatic N) is 1. The van der Waals surface area contributed by atoms with E-state index >= 15 is 0 Å². The molecule has 2 aromatic rings. The zero-order valence-electron chi connectivity index (χ0n) is 10.1. The summed E-state index contributed by atoms with van der Waals surface area (Å²) in [6.45, 7) is 3.72. The second-order valence-electron chi connectivity index (χ2n) is 4.00. The molecule has 1 unspecified atom stereocenters. The van der Waals surface area contributed by atoms with Crippen LogP contribution < -0.4 is 5.32 Å². The van der Waals surface area contributed by atoms with Crippen molar-refractivity contribution in [3.63, 3.8) is 0 Å². The van der Waals surface area contributed by atoms with Crippen LogP contribution in [0.15, 0.2) is 29.6 Å². The number of amides is 1. The van der Waals surface area contributed by atoms with Crippen molar-refractivity contribution in [3.05, 3.63) is 51.7 Å². The molecule has 0 aliphatic carbocycles. The fraction of sp³-hybridized carbons (Fsp3) is 0.231. The molecule has 1 atom stereocenters. The van der Waals surface area contributed by atoms with Gasteiger partial charge in [-0.1, -0.05) is 12.1 Å². The summed E-state index contributed by atoms with van der Waals surface area (Å²) in [6.07, 6.45) is 0. The monoisotopic (exact) mass is 264 g/mol. The van der Waals surface area contributed by atoms with Crippen LogP contribution in [0.1, 0.15) is 34.0 Å². The van der Waals surface area contributed by atoms with Crippen LogP contribution in [0.2, 0.25) is 0 Å². The highest BCUT2D eigenvalue weighted by molar-refractivity contribution is 7.09. The zero-order valence-corrected chi connectivity index (χ0v) is 10.9. The molecule has 0 spiro atoms. The molecular weight excluding hydrogens is 251 g/mol. The minimum atomic E-state index is -0.516. The Hall–Kier alpha value is -1.75. The number of carbonyl (C=O) groups is 1. The molecule has 1 heterocycles. The molecule has 0 saturated carbocycles. The quantitative estimate of drug-likeness (QED) is 0.925. The number of thiazole rings is 1. The van der Waals surface area contributed by atoms with Crippen LogP contribution in [0.4, 0.5) is 4.39 Å². The average molecular weight is 264 g/mol. The molecule has 18 heavy (non-hydrogen) atoms. The molecule has 0 radical (unpaired) electrons. The highest BCUT2D eigenvalue weighted by Crippen LogP contribution is 2.18. The molecule has 0 aliphatic rings. The Kier molecular flexibility index (Phi) is 3.72. The summed E-state index contributed by atoms with van der Waals surface area (Å²) in [7, 11) is 0. The normalized spacial score (nSPS) is 12.2. The Morgan fingerprint density at radius 2 is 2.17 bits per heavy atom. The van der Waals surface area contributed by atoms with E-state index in [-0.39, 0.29) is 11.6 Å². The minimum Gasteiger partial charge on any atom is -0.343 e. The van der Waals surface area contributed by atoms with Crippen LogP contribution in [0, 0.1) is 12.7 Å². The highest BCUT2D eigenvalue weighted by Gasteiger charge is 2.16. The van der Waals surface area contributed by atoms with E-state index in [9.17, 15) is 9.18 Å². The number of hydrogen-bond acceptors (Lipinski definition) is 3. The summed E-state index contributed by atoms with van der Waals surface area (Å²) in [5.41, 5.74) is 0.972. The Balaban J connectivity index is 2.10. The lowest BCUT2D eigenvalue weighted by Crippen LogP contribution is -2.27. The Morgan fingerprint density at radius 3 is 2.78 bits per heavy atom. The Bertz CT molecular complexity index is 568. The molecular formula is C13H13FN2OS. The van der Waals surface area contributed by atoms with E-state index in [1.807, 2.05) is 19.2 Å². The number of carbonyl (C=O) groups excluding carboxylic acids is 1. The van der Waals surface area contributed by atoms with Gasteiger partial charge in [-0.2, -0.15) is 0 Å². The van der Waals surface area contributed by atoms with Crippen molar-refractivity contribution >= 4 is 17.2 Å². The third-order valence-electron chi connectivity index (χ3n) is 2.47. The number of halogens is 1. The van der Waals surface area contributed by atoms with Gasteiger partial charge in [0.25, 0.3) is 5.91 Å². The van der Waals surface area contributed by atoms with Gasteiger partial charge < -0.3 is 5.32 Å². The van der Waals surface area contributed by atoms with Gasteiger partial charge in [-0.15, -0.1) is 11.3 Å². The second-order valence-corrected chi connectivity index (χ2v) is 4.89. The van der Waals surface area contributed by atoms with Gasteiger partial charge in [0.15, 0.2) is 0 Å². The highest BCUT2D eigenvalue weighted by atomic mass is 32.1. The summed E-state index contributed by atoms with van der Waals surface area (Å²) in [5.74, 6) is -0.939. The van der Waals surface area contributed by atoms with Gasteiger partial charge in [0.1, 0.15) is 10.8 Å². The lowest BCUT2D eigenvalue weighted by Gasteiger charge is -2.11. The van der Waals surface area contributed by atoms with Crippen molar-refractivity contribution in [3.8, 4) is 0 Å².